The third-order valence-corrected chi connectivity index (χ3v) is 4.60. The molecule has 0 radical (unpaired) electrons. The summed E-state index contributed by atoms with van der Waals surface area (Å²) in [5.41, 5.74) is 5.15. The molecule has 116 valence electrons. The summed E-state index contributed by atoms with van der Waals surface area (Å²) < 4.78 is 1.11. The first-order chi connectivity index (χ1) is 10.6. The average molecular weight is 358 g/mol. The molecule has 0 atom stereocenters. The Morgan fingerprint density at radius 1 is 0.909 bits per heavy atom. The van der Waals surface area contributed by atoms with Crippen LogP contribution >= 0.6 is 15.9 Å². The molecule has 0 unspecified atom stereocenters. The van der Waals surface area contributed by atoms with Crippen LogP contribution in [0, 0.1) is 0 Å². The molecule has 0 saturated heterocycles. The van der Waals surface area contributed by atoms with E-state index in [-0.39, 0.29) is 0 Å². The van der Waals surface area contributed by atoms with Crippen LogP contribution in [0.5, 0.6) is 0 Å². The highest BCUT2D eigenvalue weighted by atomic mass is 79.9. The van der Waals surface area contributed by atoms with Crippen LogP contribution in [0.2, 0.25) is 0 Å². The molecule has 1 nitrogen and oxygen atoms in total. The molecule has 0 aliphatic rings. The third kappa shape index (κ3) is 4.56. The Kier molecular flexibility index (Phi) is 6.41. The van der Waals surface area contributed by atoms with Gasteiger partial charge in [-0.2, -0.15) is 0 Å². The van der Waals surface area contributed by atoms with Crippen molar-refractivity contribution >= 4 is 21.5 Å². The lowest BCUT2D eigenvalue weighted by atomic mass is 10.0. The Morgan fingerprint density at radius 3 is 1.91 bits per heavy atom. The summed E-state index contributed by atoms with van der Waals surface area (Å²) in [5, 5.41) is 0. The van der Waals surface area contributed by atoms with E-state index in [0.29, 0.717) is 0 Å². The topological polar surface area (TPSA) is 3.24 Å². The summed E-state index contributed by atoms with van der Waals surface area (Å²) in [5.74, 6) is 0. The van der Waals surface area contributed by atoms with Crippen molar-refractivity contribution in [1.29, 1.82) is 0 Å². The zero-order valence-corrected chi connectivity index (χ0v) is 15.2. The largest absolute Gasteiger partial charge is 0.300 e. The second-order valence-electron chi connectivity index (χ2n) is 5.46. The van der Waals surface area contributed by atoms with E-state index in [2.05, 4.69) is 96.2 Å². The number of rotatable bonds is 6. The van der Waals surface area contributed by atoms with E-state index in [4.69, 9.17) is 0 Å². The first-order valence-electron chi connectivity index (χ1n) is 7.89. The number of hydrogen-bond acceptors (Lipinski definition) is 1. The molecule has 0 N–H and O–H groups in total. The highest BCUT2D eigenvalue weighted by Crippen LogP contribution is 2.24. The molecule has 2 heteroatoms. The van der Waals surface area contributed by atoms with Gasteiger partial charge in [-0.05, 0) is 54.4 Å². The molecule has 0 aliphatic carbocycles. The summed E-state index contributed by atoms with van der Waals surface area (Å²) in [4.78, 5) is 2.42. The number of halogens is 1. The minimum Gasteiger partial charge on any atom is -0.300 e. The number of allylic oxidation sites excluding steroid dienone is 1. The smallest absolute Gasteiger partial charge is 0.0175 e. The van der Waals surface area contributed by atoms with Crippen LogP contribution in [-0.4, -0.2) is 24.5 Å². The molecule has 0 amide bonds. The van der Waals surface area contributed by atoms with Crippen molar-refractivity contribution in [2.24, 2.45) is 0 Å². The molecule has 0 bridgehead atoms. The molecule has 2 rings (SSSR count). The normalized spacial score (nSPS) is 12.0. The predicted octanol–water partition coefficient (Wildman–Crippen LogP) is 5.86. The molecule has 0 aromatic heterocycles. The van der Waals surface area contributed by atoms with Gasteiger partial charge in [-0.3, -0.25) is 0 Å². The summed E-state index contributed by atoms with van der Waals surface area (Å²) in [6.07, 6.45) is 2.32. The molecule has 0 spiro atoms. The standard InChI is InChI=1S/C20H24BrN/c1-4-22(5-2)15-14-16(3)17-6-8-18(9-7-17)19-10-12-20(21)13-11-19/h6-14H,4-5,15H2,1-3H3/b16-14-. The first-order valence-corrected chi connectivity index (χ1v) is 8.68. The zero-order valence-electron chi connectivity index (χ0n) is 13.6. The lowest BCUT2D eigenvalue weighted by molar-refractivity contribution is 0.337. The molecular formula is C20H24BrN. The maximum atomic E-state index is 3.48. The van der Waals surface area contributed by atoms with Crippen LogP contribution in [0.4, 0.5) is 0 Å². The van der Waals surface area contributed by atoms with Gasteiger partial charge in [-0.1, -0.05) is 72.3 Å². The molecule has 0 aliphatic heterocycles. The monoisotopic (exact) mass is 357 g/mol. The summed E-state index contributed by atoms with van der Waals surface area (Å²) in [6, 6.07) is 17.3. The molecule has 0 saturated carbocycles. The van der Waals surface area contributed by atoms with Crippen molar-refractivity contribution in [2.75, 3.05) is 19.6 Å². The maximum absolute atomic E-state index is 3.48. The van der Waals surface area contributed by atoms with Crippen LogP contribution in [-0.2, 0) is 0 Å². The molecule has 22 heavy (non-hydrogen) atoms. The summed E-state index contributed by atoms with van der Waals surface area (Å²) >= 11 is 3.48. The van der Waals surface area contributed by atoms with Gasteiger partial charge < -0.3 is 4.90 Å². The van der Waals surface area contributed by atoms with Crippen LogP contribution < -0.4 is 0 Å². The van der Waals surface area contributed by atoms with Crippen molar-refractivity contribution in [3.05, 3.63) is 64.6 Å². The van der Waals surface area contributed by atoms with Crippen LogP contribution in [0.15, 0.2) is 59.1 Å². The highest BCUT2D eigenvalue weighted by Gasteiger charge is 2.01. The van der Waals surface area contributed by atoms with Crippen molar-refractivity contribution < 1.29 is 0 Å². The van der Waals surface area contributed by atoms with Crippen molar-refractivity contribution in [2.45, 2.75) is 20.8 Å². The maximum Gasteiger partial charge on any atom is 0.0175 e. The SMILES string of the molecule is CCN(CC)C/C=C(/C)c1ccc(-c2ccc(Br)cc2)cc1. The number of nitrogens with zero attached hydrogens (tertiary/aromatic N) is 1. The second-order valence-corrected chi connectivity index (χ2v) is 6.37. The van der Waals surface area contributed by atoms with Crippen molar-refractivity contribution in [1.82, 2.24) is 4.90 Å². The molecule has 0 fully saturated rings. The Bertz CT molecular complexity index is 607. The fraction of sp³-hybridized carbons (Fsp3) is 0.300. The van der Waals surface area contributed by atoms with E-state index in [1.54, 1.807) is 0 Å². The van der Waals surface area contributed by atoms with E-state index in [9.17, 15) is 0 Å². The zero-order chi connectivity index (χ0) is 15.9. The van der Waals surface area contributed by atoms with Gasteiger partial charge in [-0.25, -0.2) is 0 Å². The molecule has 2 aromatic carbocycles. The van der Waals surface area contributed by atoms with Gasteiger partial charge in [0, 0.05) is 11.0 Å². The van der Waals surface area contributed by atoms with Crippen molar-refractivity contribution in [3.8, 4) is 11.1 Å². The van der Waals surface area contributed by atoms with E-state index >= 15 is 0 Å². The Labute approximate surface area is 142 Å². The average Bonchev–Trinajstić information content (AvgIpc) is 2.56. The quantitative estimate of drug-likeness (QED) is 0.625. The van der Waals surface area contributed by atoms with Gasteiger partial charge in [0.25, 0.3) is 0 Å². The summed E-state index contributed by atoms with van der Waals surface area (Å²) in [6.45, 7) is 9.83. The predicted molar refractivity (Wildman–Crippen MR) is 101 cm³/mol. The minimum absolute atomic E-state index is 1.02. The fourth-order valence-corrected chi connectivity index (χ4v) is 2.70. The van der Waals surface area contributed by atoms with E-state index < -0.39 is 0 Å². The van der Waals surface area contributed by atoms with E-state index in [0.717, 1.165) is 24.1 Å². The Balaban J connectivity index is 2.11. The number of benzene rings is 2. The molecule has 0 heterocycles. The lowest BCUT2D eigenvalue weighted by Crippen LogP contribution is -2.22. The number of hydrogen-bond donors (Lipinski definition) is 0. The van der Waals surface area contributed by atoms with Gasteiger partial charge in [-0.15, -0.1) is 0 Å². The highest BCUT2D eigenvalue weighted by molar-refractivity contribution is 9.10. The van der Waals surface area contributed by atoms with Crippen molar-refractivity contribution in [3.63, 3.8) is 0 Å². The van der Waals surface area contributed by atoms with Crippen LogP contribution in [0.1, 0.15) is 26.3 Å². The van der Waals surface area contributed by atoms with Gasteiger partial charge in [0.05, 0.1) is 0 Å². The molecular weight excluding hydrogens is 334 g/mol. The Hall–Kier alpha value is -1.38. The summed E-state index contributed by atoms with van der Waals surface area (Å²) in [7, 11) is 0. The molecule has 2 aromatic rings. The van der Waals surface area contributed by atoms with E-state index in [1.807, 2.05) is 0 Å². The lowest BCUT2D eigenvalue weighted by Gasteiger charge is -2.16. The van der Waals surface area contributed by atoms with Gasteiger partial charge in [0.15, 0.2) is 0 Å². The third-order valence-electron chi connectivity index (χ3n) is 4.07. The van der Waals surface area contributed by atoms with Gasteiger partial charge in [0.2, 0.25) is 0 Å². The Morgan fingerprint density at radius 2 is 1.41 bits per heavy atom. The first kappa shape index (κ1) is 17.0. The van der Waals surface area contributed by atoms with Gasteiger partial charge in [0.1, 0.15) is 0 Å². The minimum atomic E-state index is 1.02. The van der Waals surface area contributed by atoms with Crippen LogP contribution in [0.25, 0.3) is 16.7 Å². The number of likely N-dealkylation sites (N-methyl/N-ethyl adjacent to an activating group) is 1. The van der Waals surface area contributed by atoms with Gasteiger partial charge >= 0.3 is 0 Å². The second kappa shape index (κ2) is 8.30. The fourth-order valence-electron chi connectivity index (χ4n) is 2.43. The van der Waals surface area contributed by atoms with E-state index in [1.165, 1.54) is 22.3 Å². The van der Waals surface area contributed by atoms with Crippen LogP contribution in [0.3, 0.4) is 0 Å².